The van der Waals surface area contributed by atoms with E-state index in [0.29, 0.717) is 0 Å². The lowest BCUT2D eigenvalue weighted by Crippen LogP contribution is -2.47. The van der Waals surface area contributed by atoms with Crippen molar-refractivity contribution in [2.24, 2.45) is 4.99 Å². The number of hydrogen-bond acceptors (Lipinski definition) is 2. The molecule has 0 saturated heterocycles. The molecule has 0 fully saturated rings. The Labute approximate surface area is 137 Å². The minimum atomic E-state index is -0.149. The summed E-state index contributed by atoms with van der Waals surface area (Å²) in [5.74, 6) is 0.829. The first-order chi connectivity index (χ1) is 11.4. The summed E-state index contributed by atoms with van der Waals surface area (Å²) in [6, 6.07) is 28.5. The maximum Gasteiger partial charge on any atom is 0.426 e. The molecule has 0 unspecified atom stereocenters. The quantitative estimate of drug-likeness (QED) is 0.524. The Morgan fingerprint density at radius 1 is 0.739 bits per heavy atom. The lowest BCUT2D eigenvalue weighted by molar-refractivity contribution is 0.591. The lowest BCUT2D eigenvalue weighted by Gasteiger charge is -2.18. The molecule has 0 aliphatic rings. The van der Waals surface area contributed by atoms with Crippen LogP contribution in [0.2, 0.25) is 0 Å². The van der Waals surface area contributed by atoms with Crippen LogP contribution in [0.1, 0.15) is 5.56 Å². The van der Waals surface area contributed by atoms with Gasteiger partial charge in [0.15, 0.2) is 0 Å². The van der Waals surface area contributed by atoms with E-state index in [-0.39, 0.29) is 6.92 Å². The van der Waals surface area contributed by atoms with Crippen LogP contribution in [0.25, 0.3) is 0 Å². The zero-order valence-corrected chi connectivity index (χ0v) is 13.1. The first-order valence-electron chi connectivity index (χ1n) is 7.66. The van der Waals surface area contributed by atoms with Gasteiger partial charge in [0.05, 0.1) is 0 Å². The molecular weight excluding hydrogens is 281 g/mol. The van der Waals surface area contributed by atoms with Gasteiger partial charge in [0.25, 0.3) is 0 Å². The van der Waals surface area contributed by atoms with Crippen molar-refractivity contribution in [1.29, 1.82) is 0 Å². The van der Waals surface area contributed by atoms with Gasteiger partial charge in [0, 0.05) is 18.8 Å². The molecule has 0 N–H and O–H groups in total. The monoisotopic (exact) mass is 299 g/mol. The highest BCUT2D eigenvalue weighted by Crippen LogP contribution is 2.17. The van der Waals surface area contributed by atoms with Crippen LogP contribution in [0.4, 0.5) is 0 Å². The minimum absolute atomic E-state index is 0.149. The zero-order valence-electron chi connectivity index (χ0n) is 13.1. The third-order valence-corrected chi connectivity index (χ3v) is 3.64. The molecule has 2 nitrogen and oxygen atoms in total. The molecule has 112 valence electrons. The lowest BCUT2D eigenvalue weighted by atomic mass is 9.55. The highest BCUT2D eigenvalue weighted by molar-refractivity contribution is 6.80. The average molecular weight is 299 g/mol. The Hall–Kier alpha value is -2.81. The van der Waals surface area contributed by atoms with Gasteiger partial charge in [-0.3, -0.25) is 4.99 Å². The van der Waals surface area contributed by atoms with Crippen LogP contribution >= 0.6 is 0 Å². The third kappa shape index (κ3) is 3.69. The molecule has 3 aromatic carbocycles. The van der Waals surface area contributed by atoms with E-state index in [1.54, 1.807) is 7.05 Å². The molecule has 3 heteroatoms. The molecule has 23 heavy (non-hydrogen) atoms. The van der Waals surface area contributed by atoms with E-state index in [1.165, 1.54) is 0 Å². The fourth-order valence-electron chi connectivity index (χ4n) is 2.54. The van der Waals surface area contributed by atoms with Crippen LogP contribution in [0, 0.1) is 0 Å². The Bertz CT molecular complexity index is 732. The highest BCUT2D eigenvalue weighted by atomic mass is 16.4. The van der Waals surface area contributed by atoms with Crippen LogP contribution in [0.3, 0.4) is 0 Å². The molecule has 0 aliphatic heterocycles. The Kier molecular flexibility index (Phi) is 4.90. The molecule has 0 amide bonds. The number of aliphatic imine (C=N–C) groups is 1. The van der Waals surface area contributed by atoms with E-state index < -0.39 is 0 Å². The van der Waals surface area contributed by atoms with Crippen molar-refractivity contribution in [2.45, 2.75) is 0 Å². The van der Waals surface area contributed by atoms with Crippen LogP contribution in [-0.4, -0.2) is 20.2 Å². The zero-order chi connectivity index (χ0) is 15.9. The van der Waals surface area contributed by atoms with Gasteiger partial charge in [0.2, 0.25) is 0 Å². The number of nitrogens with zero attached hydrogens (tertiary/aromatic N) is 1. The highest BCUT2D eigenvalue weighted by Gasteiger charge is 2.23. The van der Waals surface area contributed by atoms with Gasteiger partial charge < -0.3 is 4.65 Å². The normalized spacial score (nSPS) is 10.7. The Balaban J connectivity index is 2.01. The van der Waals surface area contributed by atoms with Gasteiger partial charge in [-0.25, -0.2) is 0 Å². The summed E-state index contributed by atoms with van der Waals surface area (Å²) in [5, 5.41) is 0. The van der Waals surface area contributed by atoms with Gasteiger partial charge in [-0.1, -0.05) is 72.8 Å². The summed E-state index contributed by atoms with van der Waals surface area (Å²) in [6.07, 6.45) is 1.82. The van der Waals surface area contributed by atoms with E-state index in [1.807, 2.05) is 66.9 Å². The van der Waals surface area contributed by atoms with Gasteiger partial charge in [-0.2, -0.15) is 0 Å². The number of para-hydroxylation sites is 1. The number of benzene rings is 3. The summed E-state index contributed by atoms with van der Waals surface area (Å²) >= 11 is 0. The molecule has 0 aliphatic carbocycles. The van der Waals surface area contributed by atoms with Crippen LogP contribution in [0.5, 0.6) is 5.75 Å². The number of hydrogen-bond donors (Lipinski definition) is 0. The van der Waals surface area contributed by atoms with Crippen molar-refractivity contribution in [3.63, 3.8) is 0 Å². The van der Waals surface area contributed by atoms with E-state index in [9.17, 15) is 0 Å². The second-order valence-electron chi connectivity index (χ2n) is 5.24. The van der Waals surface area contributed by atoms with E-state index >= 15 is 0 Å². The standard InChI is InChI=1S/C20H18BNO/c1-22-16-17-10-8-9-15-20(17)23-21(18-11-4-2-5-12-18)19-13-6-3-7-14-19/h2-16H,1H3. The fourth-order valence-corrected chi connectivity index (χ4v) is 2.54. The Morgan fingerprint density at radius 2 is 1.26 bits per heavy atom. The van der Waals surface area contributed by atoms with Gasteiger partial charge >= 0.3 is 6.92 Å². The van der Waals surface area contributed by atoms with Crippen LogP contribution in [0.15, 0.2) is 89.9 Å². The molecule has 0 spiro atoms. The maximum absolute atomic E-state index is 6.38. The summed E-state index contributed by atoms with van der Waals surface area (Å²) in [5.41, 5.74) is 3.23. The summed E-state index contributed by atoms with van der Waals surface area (Å²) < 4.78 is 6.38. The van der Waals surface area contributed by atoms with Crippen molar-refractivity contribution < 1.29 is 4.65 Å². The van der Waals surface area contributed by atoms with Crippen LogP contribution < -0.4 is 15.6 Å². The molecular formula is C20H18BNO. The fraction of sp³-hybridized carbons (Fsp3) is 0.0500. The predicted molar refractivity (Wildman–Crippen MR) is 98.5 cm³/mol. The van der Waals surface area contributed by atoms with Crippen molar-refractivity contribution in [3.05, 3.63) is 90.5 Å². The summed E-state index contributed by atoms with van der Waals surface area (Å²) in [7, 11) is 1.77. The molecule has 3 aromatic rings. The largest absolute Gasteiger partial charge is 0.551 e. The first-order valence-corrected chi connectivity index (χ1v) is 7.66. The van der Waals surface area contributed by atoms with E-state index in [2.05, 4.69) is 29.3 Å². The topological polar surface area (TPSA) is 21.6 Å². The molecule has 0 atom stereocenters. The van der Waals surface area contributed by atoms with Gasteiger partial charge in [0.1, 0.15) is 5.75 Å². The molecule has 0 aromatic heterocycles. The minimum Gasteiger partial charge on any atom is -0.551 e. The van der Waals surface area contributed by atoms with Crippen molar-refractivity contribution in [3.8, 4) is 5.75 Å². The van der Waals surface area contributed by atoms with Crippen molar-refractivity contribution >= 4 is 24.1 Å². The predicted octanol–water partition coefficient (Wildman–Crippen LogP) is 2.92. The van der Waals surface area contributed by atoms with Crippen molar-refractivity contribution in [2.75, 3.05) is 7.05 Å². The number of rotatable bonds is 5. The van der Waals surface area contributed by atoms with Gasteiger partial charge in [-0.15, -0.1) is 0 Å². The van der Waals surface area contributed by atoms with E-state index in [4.69, 9.17) is 4.65 Å². The Morgan fingerprint density at radius 3 is 1.83 bits per heavy atom. The first kappa shape index (κ1) is 15.1. The second kappa shape index (κ2) is 7.46. The third-order valence-electron chi connectivity index (χ3n) is 3.64. The summed E-state index contributed by atoms with van der Waals surface area (Å²) in [6.45, 7) is -0.149. The molecule has 0 saturated carbocycles. The summed E-state index contributed by atoms with van der Waals surface area (Å²) in [4.78, 5) is 4.11. The average Bonchev–Trinajstić information content (AvgIpc) is 2.63. The molecule has 0 bridgehead atoms. The second-order valence-corrected chi connectivity index (χ2v) is 5.24. The smallest absolute Gasteiger partial charge is 0.426 e. The maximum atomic E-state index is 6.38. The molecule has 3 rings (SSSR count). The molecule has 0 radical (unpaired) electrons. The van der Waals surface area contributed by atoms with E-state index in [0.717, 1.165) is 22.2 Å². The van der Waals surface area contributed by atoms with Crippen molar-refractivity contribution in [1.82, 2.24) is 0 Å². The molecule has 0 heterocycles. The van der Waals surface area contributed by atoms with Crippen LogP contribution in [-0.2, 0) is 0 Å². The SMILES string of the molecule is CN=Cc1ccccc1OB(c1ccccc1)c1ccccc1. The van der Waals surface area contributed by atoms with Gasteiger partial charge in [-0.05, 0) is 23.1 Å².